The summed E-state index contributed by atoms with van der Waals surface area (Å²) in [7, 11) is -3.65. The molecule has 0 amide bonds. The highest BCUT2D eigenvalue weighted by Crippen LogP contribution is 2.24. The molecule has 0 atom stereocenters. The topological polar surface area (TPSA) is 46.2 Å². The van der Waals surface area contributed by atoms with Crippen LogP contribution in [-0.4, -0.2) is 20.8 Å². The molecule has 0 saturated carbocycles. The second-order valence-electron chi connectivity index (χ2n) is 3.05. The Morgan fingerprint density at radius 3 is 2.59 bits per heavy atom. The standard InChI is InChI=1S/C10H10Cl3NO2S/c11-5-1-2-6-14-17(15,16)10-7-8(12)3-4-9(10)13/h1-4,7,14H,5-6H2/b2-1+. The van der Waals surface area contributed by atoms with Crippen molar-refractivity contribution in [1.29, 1.82) is 0 Å². The van der Waals surface area contributed by atoms with E-state index in [0.717, 1.165) is 0 Å². The number of hydrogen-bond donors (Lipinski definition) is 1. The number of hydrogen-bond acceptors (Lipinski definition) is 2. The number of sulfonamides is 1. The molecule has 0 aliphatic rings. The minimum Gasteiger partial charge on any atom is -0.207 e. The maximum absolute atomic E-state index is 11.8. The normalized spacial score (nSPS) is 12.2. The van der Waals surface area contributed by atoms with Crippen molar-refractivity contribution < 1.29 is 8.42 Å². The summed E-state index contributed by atoms with van der Waals surface area (Å²) in [6, 6.07) is 4.26. The monoisotopic (exact) mass is 313 g/mol. The number of alkyl halides is 1. The van der Waals surface area contributed by atoms with Crippen molar-refractivity contribution >= 4 is 44.8 Å². The van der Waals surface area contributed by atoms with Crippen LogP contribution in [0.3, 0.4) is 0 Å². The van der Waals surface area contributed by atoms with E-state index in [-0.39, 0.29) is 16.5 Å². The minimum atomic E-state index is -3.65. The van der Waals surface area contributed by atoms with Crippen molar-refractivity contribution in [1.82, 2.24) is 4.72 Å². The van der Waals surface area contributed by atoms with Crippen LogP contribution in [0.4, 0.5) is 0 Å². The van der Waals surface area contributed by atoms with Crippen LogP contribution >= 0.6 is 34.8 Å². The maximum Gasteiger partial charge on any atom is 0.242 e. The van der Waals surface area contributed by atoms with Crippen LogP contribution in [0.1, 0.15) is 0 Å². The van der Waals surface area contributed by atoms with E-state index in [1.165, 1.54) is 18.2 Å². The predicted octanol–water partition coefficient (Wildman–Crippen LogP) is 3.07. The van der Waals surface area contributed by atoms with Gasteiger partial charge in [-0.1, -0.05) is 35.4 Å². The molecule has 0 aliphatic heterocycles. The number of allylic oxidation sites excluding steroid dienone is 1. The molecule has 0 unspecified atom stereocenters. The zero-order valence-corrected chi connectivity index (χ0v) is 11.7. The Kier molecular flexibility index (Phi) is 5.76. The molecule has 1 N–H and O–H groups in total. The number of rotatable bonds is 5. The Balaban J connectivity index is 2.89. The largest absolute Gasteiger partial charge is 0.242 e. The first kappa shape index (κ1) is 14.8. The van der Waals surface area contributed by atoms with Crippen molar-refractivity contribution in [2.45, 2.75) is 4.90 Å². The van der Waals surface area contributed by atoms with Crippen molar-refractivity contribution in [3.8, 4) is 0 Å². The molecule has 0 radical (unpaired) electrons. The molecule has 0 fully saturated rings. The third-order valence-electron chi connectivity index (χ3n) is 1.83. The molecule has 0 saturated heterocycles. The molecule has 0 heterocycles. The Bertz CT molecular complexity index is 514. The van der Waals surface area contributed by atoms with E-state index >= 15 is 0 Å². The van der Waals surface area contributed by atoms with Gasteiger partial charge in [0.15, 0.2) is 0 Å². The van der Waals surface area contributed by atoms with Crippen molar-refractivity contribution in [3.05, 3.63) is 40.4 Å². The molecule has 3 nitrogen and oxygen atoms in total. The highest BCUT2D eigenvalue weighted by Gasteiger charge is 2.17. The predicted molar refractivity (Wildman–Crippen MR) is 71.5 cm³/mol. The molecular weight excluding hydrogens is 305 g/mol. The summed E-state index contributed by atoms with van der Waals surface area (Å²) >= 11 is 16.9. The first-order chi connectivity index (χ1) is 7.97. The molecule has 0 aliphatic carbocycles. The van der Waals surface area contributed by atoms with E-state index in [0.29, 0.717) is 10.9 Å². The maximum atomic E-state index is 11.8. The van der Waals surface area contributed by atoms with Crippen LogP contribution in [-0.2, 0) is 10.0 Å². The summed E-state index contributed by atoms with van der Waals surface area (Å²) < 4.78 is 26.1. The first-order valence-electron chi connectivity index (χ1n) is 4.63. The van der Waals surface area contributed by atoms with Gasteiger partial charge in [0.1, 0.15) is 4.90 Å². The van der Waals surface area contributed by atoms with Gasteiger partial charge in [-0.05, 0) is 18.2 Å². The summed E-state index contributed by atoms with van der Waals surface area (Å²) in [5.74, 6) is 0.333. The number of halogens is 3. The quantitative estimate of drug-likeness (QED) is 0.670. The first-order valence-corrected chi connectivity index (χ1v) is 7.40. The van der Waals surface area contributed by atoms with Crippen LogP contribution in [0, 0.1) is 0 Å². The SMILES string of the molecule is O=S(=O)(NC/C=C/CCl)c1cc(Cl)ccc1Cl. The fourth-order valence-corrected chi connectivity index (χ4v) is 2.93. The average molecular weight is 315 g/mol. The molecule has 94 valence electrons. The van der Waals surface area contributed by atoms with Crippen LogP contribution < -0.4 is 4.72 Å². The van der Waals surface area contributed by atoms with Gasteiger partial charge in [0.25, 0.3) is 0 Å². The Labute approximate surface area is 115 Å². The van der Waals surface area contributed by atoms with E-state index in [1.807, 2.05) is 0 Å². The Morgan fingerprint density at radius 1 is 1.24 bits per heavy atom. The third kappa shape index (κ3) is 4.48. The van der Waals surface area contributed by atoms with E-state index in [9.17, 15) is 8.42 Å². The van der Waals surface area contributed by atoms with Crippen molar-refractivity contribution in [3.63, 3.8) is 0 Å². The molecule has 0 bridgehead atoms. The summed E-state index contributed by atoms with van der Waals surface area (Å²) in [6.45, 7) is 0.151. The fraction of sp³-hybridized carbons (Fsp3) is 0.200. The van der Waals surface area contributed by atoms with Gasteiger partial charge in [-0.2, -0.15) is 0 Å². The van der Waals surface area contributed by atoms with Crippen LogP contribution in [0.2, 0.25) is 10.0 Å². The molecule has 1 aromatic carbocycles. The van der Waals surface area contributed by atoms with E-state index in [1.54, 1.807) is 12.2 Å². The Morgan fingerprint density at radius 2 is 1.94 bits per heavy atom. The fourth-order valence-electron chi connectivity index (χ4n) is 1.07. The lowest BCUT2D eigenvalue weighted by molar-refractivity contribution is 0.585. The summed E-state index contributed by atoms with van der Waals surface area (Å²) in [4.78, 5) is -0.0362. The van der Waals surface area contributed by atoms with Gasteiger partial charge in [0.05, 0.1) is 5.02 Å². The molecular formula is C10H10Cl3NO2S. The van der Waals surface area contributed by atoms with E-state index < -0.39 is 10.0 Å². The molecule has 0 aromatic heterocycles. The third-order valence-corrected chi connectivity index (χ3v) is 4.15. The van der Waals surface area contributed by atoms with Crippen molar-refractivity contribution in [2.24, 2.45) is 0 Å². The van der Waals surface area contributed by atoms with E-state index in [4.69, 9.17) is 34.8 Å². The van der Waals surface area contributed by atoms with Gasteiger partial charge in [0, 0.05) is 17.4 Å². The molecule has 1 rings (SSSR count). The van der Waals surface area contributed by atoms with Gasteiger partial charge >= 0.3 is 0 Å². The zero-order valence-electron chi connectivity index (χ0n) is 8.66. The lowest BCUT2D eigenvalue weighted by Gasteiger charge is -2.06. The van der Waals surface area contributed by atoms with Gasteiger partial charge < -0.3 is 0 Å². The number of nitrogens with one attached hydrogen (secondary N) is 1. The second kappa shape index (κ2) is 6.61. The number of benzene rings is 1. The Hall–Kier alpha value is -0.260. The smallest absolute Gasteiger partial charge is 0.207 e. The van der Waals surface area contributed by atoms with Crippen LogP contribution in [0.5, 0.6) is 0 Å². The average Bonchev–Trinajstić information content (AvgIpc) is 2.28. The lowest BCUT2D eigenvalue weighted by atomic mass is 10.4. The molecule has 7 heteroatoms. The molecule has 17 heavy (non-hydrogen) atoms. The van der Waals surface area contributed by atoms with Crippen LogP contribution in [0.25, 0.3) is 0 Å². The summed E-state index contributed by atoms with van der Waals surface area (Å²) in [6.07, 6.45) is 3.26. The minimum absolute atomic E-state index is 0.0362. The lowest BCUT2D eigenvalue weighted by Crippen LogP contribution is -2.24. The van der Waals surface area contributed by atoms with Crippen LogP contribution in [0.15, 0.2) is 35.2 Å². The van der Waals surface area contributed by atoms with E-state index in [2.05, 4.69) is 4.72 Å². The second-order valence-corrected chi connectivity index (χ2v) is 5.94. The van der Waals surface area contributed by atoms with Gasteiger partial charge in [-0.25, -0.2) is 13.1 Å². The summed E-state index contributed by atoms with van der Waals surface area (Å²) in [5.41, 5.74) is 0. The highest BCUT2D eigenvalue weighted by molar-refractivity contribution is 7.89. The molecule has 1 aromatic rings. The van der Waals surface area contributed by atoms with Crippen molar-refractivity contribution in [2.75, 3.05) is 12.4 Å². The van der Waals surface area contributed by atoms with Gasteiger partial charge in [0.2, 0.25) is 10.0 Å². The van der Waals surface area contributed by atoms with Gasteiger partial charge in [-0.15, -0.1) is 11.6 Å². The highest BCUT2D eigenvalue weighted by atomic mass is 35.5. The zero-order chi connectivity index (χ0) is 12.9. The summed E-state index contributed by atoms with van der Waals surface area (Å²) in [5, 5.41) is 0.439. The van der Waals surface area contributed by atoms with Gasteiger partial charge in [-0.3, -0.25) is 0 Å². The molecule has 0 spiro atoms.